The third kappa shape index (κ3) is 3.72. The molecule has 1 fully saturated rings. The normalized spacial score (nSPS) is 18.8. The van der Waals surface area contributed by atoms with Crippen LogP contribution in [-0.2, 0) is 4.79 Å². The smallest absolute Gasteiger partial charge is 0.267 e. The largest absolute Gasteiger partial charge is 0.337 e. The second kappa shape index (κ2) is 8.67. The van der Waals surface area contributed by atoms with Gasteiger partial charge in [0.05, 0.1) is 22.3 Å². The first-order valence-electron chi connectivity index (χ1n) is 11.4. The van der Waals surface area contributed by atoms with E-state index in [0.29, 0.717) is 16.3 Å². The summed E-state index contributed by atoms with van der Waals surface area (Å²) < 4.78 is 3.51. The lowest BCUT2D eigenvalue weighted by Gasteiger charge is -2.39. The van der Waals surface area contributed by atoms with Gasteiger partial charge in [-0.05, 0) is 63.8 Å². The number of carbonyl (C=O) groups is 1. The molecular formula is C25H27N5O2S. The summed E-state index contributed by atoms with van der Waals surface area (Å²) in [7, 11) is 0. The highest BCUT2D eigenvalue weighted by molar-refractivity contribution is 7.99. The van der Waals surface area contributed by atoms with Crippen molar-refractivity contribution in [3.05, 3.63) is 64.4 Å². The van der Waals surface area contributed by atoms with Crippen LogP contribution < -0.4 is 5.56 Å². The number of rotatable bonds is 4. The van der Waals surface area contributed by atoms with Crippen molar-refractivity contribution in [2.45, 2.75) is 57.3 Å². The van der Waals surface area contributed by atoms with Crippen molar-refractivity contribution < 1.29 is 4.79 Å². The Morgan fingerprint density at radius 1 is 1.03 bits per heavy atom. The molecule has 5 rings (SSSR count). The van der Waals surface area contributed by atoms with Crippen molar-refractivity contribution in [3.8, 4) is 5.69 Å². The van der Waals surface area contributed by atoms with Crippen LogP contribution in [0.5, 0.6) is 0 Å². The van der Waals surface area contributed by atoms with Crippen LogP contribution in [0.15, 0.2) is 58.5 Å². The summed E-state index contributed by atoms with van der Waals surface area (Å²) in [4.78, 5) is 28.6. The topological polar surface area (TPSA) is 72.5 Å². The summed E-state index contributed by atoms with van der Waals surface area (Å²) in [5.41, 5.74) is 2.34. The lowest BCUT2D eigenvalue weighted by Crippen LogP contribution is -2.48. The minimum atomic E-state index is -0.136. The van der Waals surface area contributed by atoms with Gasteiger partial charge in [-0.15, -0.1) is 10.2 Å². The van der Waals surface area contributed by atoms with Gasteiger partial charge in [-0.3, -0.25) is 14.0 Å². The van der Waals surface area contributed by atoms with Crippen LogP contribution in [0.3, 0.4) is 0 Å². The molecule has 2 aromatic heterocycles. The van der Waals surface area contributed by atoms with Gasteiger partial charge in [0.1, 0.15) is 0 Å². The number of fused-ring (bicyclic) bond motifs is 3. The molecule has 0 saturated carbocycles. The minimum Gasteiger partial charge on any atom is -0.337 e. The maximum absolute atomic E-state index is 13.5. The number of amides is 1. The third-order valence-corrected chi connectivity index (χ3v) is 7.47. The van der Waals surface area contributed by atoms with Gasteiger partial charge in [0, 0.05) is 12.1 Å². The fourth-order valence-electron chi connectivity index (χ4n) is 4.92. The van der Waals surface area contributed by atoms with Crippen LogP contribution in [0.2, 0.25) is 0 Å². The number of benzene rings is 2. The van der Waals surface area contributed by atoms with Gasteiger partial charge in [-0.25, -0.2) is 4.57 Å². The van der Waals surface area contributed by atoms with Gasteiger partial charge >= 0.3 is 0 Å². The van der Waals surface area contributed by atoms with Crippen molar-refractivity contribution in [2.75, 3.05) is 5.75 Å². The van der Waals surface area contributed by atoms with Crippen molar-refractivity contribution in [1.82, 2.24) is 24.1 Å². The molecule has 7 nitrogen and oxygen atoms in total. The number of piperidine rings is 1. The summed E-state index contributed by atoms with van der Waals surface area (Å²) in [6.07, 6.45) is 3.25. The maximum atomic E-state index is 13.5. The summed E-state index contributed by atoms with van der Waals surface area (Å²) in [5.74, 6) is 0.850. The molecule has 1 aliphatic heterocycles. The highest BCUT2D eigenvalue weighted by Gasteiger charge is 2.29. The van der Waals surface area contributed by atoms with E-state index in [4.69, 9.17) is 0 Å². The first-order valence-corrected chi connectivity index (χ1v) is 12.3. The van der Waals surface area contributed by atoms with Crippen molar-refractivity contribution in [2.24, 2.45) is 0 Å². The Labute approximate surface area is 196 Å². The van der Waals surface area contributed by atoms with Crippen molar-refractivity contribution in [1.29, 1.82) is 0 Å². The van der Waals surface area contributed by atoms with E-state index in [-0.39, 0.29) is 29.3 Å². The molecule has 0 N–H and O–H groups in total. The van der Waals surface area contributed by atoms with Crippen molar-refractivity contribution in [3.63, 3.8) is 0 Å². The molecule has 1 aliphatic rings. The van der Waals surface area contributed by atoms with Crippen LogP contribution in [0.4, 0.5) is 0 Å². The van der Waals surface area contributed by atoms with E-state index in [0.717, 1.165) is 36.0 Å². The number of aryl methyl sites for hydroxylation is 1. The first-order chi connectivity index (χ1) is 16.0. The number of para-hydroxylation sites is 2. The van der Waals surface area contributed by atoms with Crippen molar-refractivity contribution >= 4 is 34.3 Å². The molecule has 0 bridgehead atoms. The Bertz CT molecular complexity index is 1400. The average molecular weight is 462 g/mol. The molecule has 1 amide bonds. The quantitative estimate of drug-likeness (QED) is 0.426. The second-order valence-electron chi connectivity index (χ2n) is 8.78. The molecule has 2 aromatic carbocycles. The number of aromatic nitrogens is 4. The number of thioether (sulfide) groups is 1. The number of likely N-dealkylation sites (tertiary alicyclic amines) is 1. The molecule has 0 aliphatic carbocycles. The molecule has 3 heterocycles. The molecule has 170 valence electrons. The number of hydrogen-bond donors (Lipinski definition) is 0. The molecule has 8 heteroatoms. The Hall–Kier alpha value is -3.13. The van der Waals surface area contributed by atoms with Crippen LogP contribution in [0.25, 0.3) is 22.4 Å². The van der Waals surface area contributed by atoms with E-state index in [1.54, 1.807) is 4.57 Å². The lowest BCUT2D eigenvalue weighted by molar-refractivity contribution is -0.134. The second-order valence-corrected chi connectivity index (χ2v) is 9.72. The molecule has 4 aromatic rings. The maximum Gasteiger partial charge on any atom is 0.267 e. The number of hydrogen-bond acceptors (Lipinski definition) is 5. The van der Waals surface area contributed by atoms with Gasteiger partial charge in [-0.1, -0.05) is 42.1 Å². The van der Waals surface area contributed by atoms with Gasteiger partial charge in [0.25, 0.3) is 5.56 Å². The summed E-state index contributed by atoms with van der Waals surface area (Å²) in [6, 6.07) is 15.7. The molecule has 33 heavy (non-hydrogen) atoms. The lowest BCUT2D eigenvalue weighted by atomic mass is 9.98. The van der Waals surface area contributed by atoms with Gasteiger partial charge in [0.2, 0.25) is 11.7 Å². The number of nitrogens with zero attached hydrogens (tertiary/aromatic N) is 5. The van der Waals surface area contributed by atoms with E-state index in [1.165, 1.54) is 11.8 Å². The van der Waals surface area contributed by atoms with Gasteiger partial charge in [-0.2, -0.15) is 0 Å². The van der Waals surface area contributed by atoms with Crippen LogP contribution in [0, 0.1) is 6.92 Å². The van der Waals surface area contributed by atoms with E-state index >= 15 is 0 Å². The van der Waals surface area contributed by atoms with Gasteiger partial charge < -0.3 is 4.90 Å². The fourth-order valence-corrected chi connectivity index (χ4v) is 5.73. The third-order valence-electron chi connectivity index (χ3n) is 6.56. The Balaban J connectivity index is 1.60. The monoisotopic (exact) mass is 461 g/mol. The Kier molecular flexibility index (Phi) is 5.70. The highest BCUT2D eigenvalue weighted by atomic mass is 32.2. The van der Waals surface area contributed by atoms with Crippen LogP contribution in [-0.4, -0.2) is 47.8 Å². The standard InChI is InChI=1S/C25H27N5O2S/c1-16-9-4-6-13-20(16)29-23(32)19-12-5-7-14-21(19)30-24(29)26-27-25(30)33-15-22(31)28-17(2)10-8-11-18(28)3/h4-7,9,12-14,17-18H,8,10-11,15H2,1-3H3. The van der Waals surface area contributed by atoms with Gasteiger partial charge in [0.15, 0.2) is 5.16 Å². The molecule has 1 saturated heterocycles. The van der Waals surface area contributed by atoms with E-state index in [1.807, 2.05) is 64.8 Å². The fraction of sp³-hybridized carbons (Fsp3) is 0.360. The zero-order valence-corrected chi connectivity index (χ0v) is 19.9. The molecular weight excluding hydrogens is 434 g/mol. The van der Waals surface area contributed by atoms with E-state index < -0.39 is 0 Å². The molecule has 0 spiro atoms. The minimum absolute atomic E-state index is 0.119. The molecule has 2 unspecified atom stereocenters. The predicted molar refractivity (Wildman–Crippen MR) is 131 cm³/mol. The van der Waals surface area contributed by atoms with E-state index in [2.05, 4.69) is 24.0 Å². The van der Waals surface area contributed by atoms with Crippen LogP contribution in [0.1, 0.15) is 38.7 Å². The van der Waals surface area contributed by atoms with E-state index in [9.17, 15) is 9.59 Å². The number of carbonyl (C=O) groups excluding carboxylic acids is 1. The highest BCUT2D eigenvalue weighted by Crippen LogP contribution is 2.27. The average Bonchev–Trinajstić information content (AvgIpc) is 3.23. The summed E-state index contributed by atoms with van der Waals surface area (Å²) in [5, 5.41) is 9.99. The summed E-state index contributed by atoms with van der Waals surface area (Å²) >= 11 is 1.37. The predicted octanol–water partition coefficient (Wildman–Crippen LogP) is 4.22. The first kappa shape index (κ1) is 21.7. The van der Waals surface area contributed by atoms with Crippen LogP contribution >= 0.6 is 11.8 Å². The molecule has 2 atom stereocenters. The Morgan fingerprint density at radius 3 is 2.48 bits per heavy atom. The summed E-state index contributed by atoms with van der Waals surface area (Å²) in [6.45, 7) is 6.22. The molecule has 0 radical (unpaired) electrons. The SMILES string of the molecule is Cc1ccccc1-n1c(=O)c2ccccc2n2c(SCC(=O)N3C(C)CCCC3C)nnc12. The zero-order chi connectivity index (χ0) is 23.1. The zero-order valence-electron chi connectivity index (χ0n) is 19.1. The Morgan fingerprint density at radius 2 is 1.73 bits per heavy atom.